The Labute approximate surface area is 95.8 Å². The van der Waals surface area contributed by atoms with Gasteiger partial charge in [0.15, 0.2) is 6.29 Å². The predicted octanol–water partition coefficient (Wildman–Crippen LogP) is 2.23. The SMILES string of the molecule is COCc1cc(C(F)F)n2ccc(C=O)c2n1. The summed E-state index contributed by atoms with van der Waals surface area (Å²) in [6.07, 6.45) is -0.638. The minimum Gasteiger partial charge on any atom is -0.378 e. The quantitative estimate of drug-likeness (QED) is 0.770. The van der Waals surface area contributed by atoms with Gasteiger partial charge in [-0.3, -0.25) is 9.20 Å². The predicted molar refractivity (Wildman–Crippen MR) is 56.2 cm³/mol. The molecular weight excluding hydrogens is 230 g/mol. The Morgan fingerprint density at radius 1 is 1.59 bits per heavy atom. The van der Waals surface area contributed by atoms with Crippen LogP contribution in [0.5, 0.6) is 0 Å². The van der Waals surface area contributed by atoms with E-state index in [0.29, 0.717) is 12.0 Å². The molecule has 2 aromatic heterocycles. The van der Waals surface area contributed by atoms with Crippen LogP contribution in [-0.2, 0) is 11.3 Å². The van der Waals surface area contributed by atoms with Crippen LogP contribution in [-0.4, -0.2) is 22.8 Å². The van der Waals surface area contributed by atoms with E-state index < -0.39 is 6.43 Å². The Balaban J connectivity index is 2.69. The number of ether oxygens (including phenoxy) is 1. The van der Waals surface area contributed by atoms with E-state index in [0.717, 1.165) is 0 Å². The minimum absolute atomic E-state index is 0.125. The van der Waals surface area contributed by atoms with Crippen LogP contribution in [0.25, 0.3) is 5.65 Å². The maximum absolute atomic E-state index is 12.9. The number of alkyl halides is 2. The lowest BCUT2D eigenvalue weighted by molar-refractivity contribution is 0.112. The molecule has 0 unspecified atom stereocenters. The van der Waals surface area contributed by atoms with Gasteiger partial charge in [-0.2, -0.15) is 0 Å². The smallest absolute Gasteiger partial charge is 0.278 e. The molecule has 2 aromatic rings. The highest BCUT2D eigenvalue weighted by Crippen LogP contribution is 2.22. The van der Waals surface area contributed by atoms with E-state index in [1.807, 2.05) is 0 Å². The molecule has 0 aliphatic heterocycles. The summed E-state index contributed by atoms with van der Waals surface area (Å²) in [5.74, 6) is 0. The molecule has 0 fully saturated rings. The third kappa shape index (κ3) is 2.03. The fourth-order valence-electron chi connectivity index (χ4n) is 1.66. The monoisotopic (exact) mass is 240 g/mol. The zero-order valence-electron chi connectivity index (χ0n) is 9.06. The Morgan fingerprint density at radius 2 is 2.35 bits per heavy atom. The van der Waals surface area contributed by atoms with Crippen molar-refractivity contribution in [1.29, 1.82) is 0 Å². The van der Waals surface area contributed by atoms with Crippen molar-refractivity contribution in [3.8, 4) is 0 Å². The number of fused-ring (bicyclic) bond motifs is 1. The number of nitrogens with zero attached hydrogens (tertiary/aromatic N) is 2. The molecule has 17 heavy (non-hydrogen) atoms. The van der Waals surface area contributed by atoms with Gasteiger partial charge < -0.3 is 4.74 Å². The highest BCUT2D eigenvalue weighted by Gasteiger charge is 2.16. The summed E-state index contributed by atoms with van der Waals surface area (Å²) in [5, 5.41) is 0. The van der Waals surface area contributed by atoms with E-state index in [9.17, 15) is 13.6 Å². The number of hydrogen-bond acceptors (Lipinski definition) is 3. The lowest BCUT2D eigenvalue weighted by Gasteiger charge is -2.08. The first-order valence-corrected chi connectivity index (χ1v) is 4.90. The van der Waals surface area contributed by atoms with Gasteiger partial charge in [-0.15, -0.1) is 0 Å². The molecule has 0 saturated heterocycles. The Hall–Kier alpha value is -1.82. The average molecular weight is 240 g/mol. The van der Waals surface area contributed by atoms with Crippen molar-refractivity contribution in [2.45, 2.75) is 13.0 Å². The van der Waals surface area contributed by atoms with Crippen molar-refractivity contribution >= 4 is 11.9 Å². The Morgan fingerprint density at radius 3 is 2.94 bits per heavy atom. The molecule has 2 heterocycles. The van der Waals surface area contributed by atoms with Crippen LogP contribution in [0.2, 0.25) is 0 Å². The van der Waals surface area contributed by atoms with Gasteiger partial charge in [-0.25, -0.2) is 13.8 Å². The van der Waals surface area contributed by atoms with E-state index in [-0.39, 0.29) is 23.5 Å². The average Bonchev–Trinajstić information content (AvgIpc) is 2.71. The van der Waals surface area contributed by atoms with Crippen LogP contribution in [0.4, 0.5) is 8.78 Å². The summed E-state index contributed by atoms with van der Waals surface area (Å²) in [7, 11) is 1.45. The number of carbonyl (C=O) groups excluding carboxylic acids is 1. The highest BCUT2D eigenvalue weighted by molar-refractivity contribution is 5.84. The van der Waals surface area contributed by atoms with Crippen LogP contribution in [0.1, 0.15) is 28.2 Å². The first-order chi connectivity index (χ1) is 8.17. The molecule has 0 aliphatic rings. The molecular formula is C11H10F2N2O2. The number of rotatable bonds is 4. The van der Waals surface area contributed by atoms with Crippen molar-refractivity contribution in [1.82, 2.24) is 9.38 Å². The maximum Gasteiger partial charge on any atom is 0.278 e. The van der Waals surface area contributed by atoms with Gasteiger partial charge in [-0.05, 0) is 12.1 Å². The molecule has 0 saturated carbocycles. The summed E-state index contributed by atoms with van der Waals surface area (Å²) in [5.41, 5.74) is 0.682. The fourth-order valence-corrected chi connectivity index (χ4v) is 1.66. The lowest BCUT2D eigenvalue weighted by atomic mass is 10.3. The zero-order chi connectivity index (χ0) is 12.4. The standard InChI is InChI=1S/C11H10F2N2O2/c1-17-6-8-4-9(10(12)13)15-3-2-7(5-16)11(15)14-8/h2-5,10H,6H2,1H3. The van der Waals surface area contributed by atoms with Crippen molar-refractivity contribution < 1.29 is 18.3 Å². The molecule has 0 bridgehead atoms. The minimum atomic E-state index is -2.64. The summed E-state index contributed by atoms with van der Waals surface area (Å²) >= 11 is 0. The summed E-state index contributed by atoms with van der Waals surface area (Å²) in [6, 6.07) is 2.73. The summed E-state index contributed by atoms with van der Waals surface area (Å²) in [4.78, 5) is 14.9. The van der Waals surface area contributed by atoms with Crippen LogP contribution < -0.4 is 0 Å². The molecule has 0 aliphatic carbocycles. The molecule has 4 nitrogen and oxygen atoms in total. The molecule has 0 amide bonds. The zero-order valence-corrected chi connectivity index (χ0v) is 9.06. The molecule has 0 radical (unpaired) electrons. The van der Waals surface area contributed by atoms with Crippen molar-refractivity contribution in [3.63, 3.8) is 0 Å². The Bertz CT molecular complexity index is 552. The fraction of sp³-hybridized carbons (Fsp3) is 0.273. The number of methoxy groups -OCH3 is 1. The molecule has 90 valence electrons. The number of hydrogen-bond donors (Lipinski definition) is 0. The number of carbonyl (C=O) groups is 1. The number of aldehydes is 1. The van der Waals surface area contributed by atoms with E-state index >= 15 is 0 Å². The third-order valence-electron chi connectivity index (χ3n) is 2.37. The van der Waals surface area contributed by atoms with E-state index in [4.69, 9.17) is 4.74 Å². The van der Waals surface area contributed by atoms with Crippen LogP contribution >= 0.6 is 0 Å². The van der Waals surface area contributed by atoms with Crippen molar-refractivity contribution in [3.05, 3.63) is 35.3 Å². The largest absolute Gasteiger partial charge is 0.378 e. The van der Waals surface area contributed by atoms with Gasteiger partial charge in [0.25, 0.3) is 6.43 Å². The topological polar surface area (TPSA) is 43.6 Å². The molecule has 6 heteroatoms. The second-order valence-electron chi connectivity index (χ2n) is 3.49. The van der Waals surface area contributed by atoms with Gasteiger partial charge in [-0.1, -0.05) is 0 Å². The number of aromatic nitrogens is 2. The van der Waals surface area contributed by atoms with Gasteiger partial charge in [0.2, 0.25) is 0 Å². The number of halogens is 2. The molecule has 2 rings (SSSR count). The van der Waals surface area contributed by atoms with Gasteiger partial charge in [0.05, 0.1) is 23.6 Å². The summed E-state index contributed by atoms with van der Waals surface area (Å²) < 4.78 is 31.8. The molecule has 0 aromatic carbocycles. The second kappa shape index (κ2) is 4.58. The van der Waals surface area contributed by atoms with Crippen LogP contribution in [0.3, 0.4) is 0 Å². The molecule has 0 spiro atoms. The van der Waals surface area contributed by atoms with E-state index in [2.05, 4.69) is 4.98 Å². The second-order valence-corrected chi connectivity index (χ2v) is 3.49. The first-order valence-electron chi connectivity index (χ1n) is 4.90. The van der Waals surface area contributed by atoms with Gasteiger partial charge in [0, 0.05) is 13.3 Å². The third-order valence-corrected chi connectivity index (χ3v) is 2.37. The first kappa shape index (κ1) is 11.7. The normalized spacial score (nSPS) is 11.3. The van der Waals surface area contributed by atoms with E-state index in [1.165, 1.54) is 29.8 Å². The molecule has 0 atom stereocenters. The van der Waals surface area contributed by atoms with E-state index in [1.54, 1.807) is 0 Å². The van der Waals surface area contributed by atoms with Crippen LogP contribution in [0, 0.1) is 0 Å². The molecule has 0 N–H and O–H groups in total. The van der Waals surface area contributed by atoms with Crippen molar-refractivity contribution in [2.24, 2.45) is 0 Å². The van der Waals surface area contributed by atoms with Crippen LogP contribution in [0.15, 0.2) is 18.3 Å². The van der Waals surface area contributed by atoms with Gasteiger partial charge >= 0.3 is 0 Å². The van der Waals surface area contributed by atoms with Crippen molar-refractivity contribution in [2.75, 3.05) is 7.11 Å². The highest BCUT2D eigenvalue weighted by atomic mass is 19.3. The lowest BCUT2D eigenvalue weighted by Crippen LogP contribution is -2.03. The summed E-state index contributed by atoms with van der Waals surface area (Å²) in [6.45, 7) is 0.125. The Kier molecular flexibility index (Phi) is 3.14. The maximum atomic E-state index is 12.9. The van der Waals surface area contributed by atoms with Gasteiger partial charge in [0.1, 0.15) is 5.65 Å².